The quantitative estimate of drug-likeness (QED) is 0.643. The van der Waals surface area contributed by atoms with Crippen LogP contribution < -0.4 is 0 Å². The van der Waals surface area contributed by atoms with E-state index in [1.807, 2.05) is 0 Å². The van der Waals surface area contributed by atoms with Gasteiger partial charge in [-0.2, -0.15) is 18.3 Å². The normalized spacial score (nSPS) is 11.7. The van der Waals surface area contributed by atoms with Gasteiger partial charge in [-0.25, -0.2) is 4.39 Å². The van der Waals surface area contributed by atoms with Gasteiger partial charge in [0.1, 0.15) is 5.82 Å². The van der Waals surface area contributed by atoms with Crippen molar-refractivity contribution < 1.29 is 22.4 Å². The molecule has 0 bridgehead atoms. The van der Waals surface area contributed by atoms with Gasteiger partial charge in [0.05, 0.1) is 23.3 Å². The van der Waals surface area contributed by atoms with Gasteiger partial charge in [0, 0.05) is 6.20 Å². The van der Waals surface area contributed by atoms with E-state index >= 15 is 0 Å². The molecule has 2 rings (SSSR count). The van der Waals surface area contributed by atoms with E-state index in [9.17, 15) is 22.4 Å². The number of rotatable bonds is 3. The zero-order chi connectivity index (χ0) is 14.9. The molecule has 1 heterocycles. The summed E-state index contributed by atoms with van der Waals surface area (Å²) in [7, 11) is 0. The topological polar surface area (TPSA) is 34.9 Å². The third-order valence-corrected chi connectivity index (χ3v) is 2.79. The number of hydrogen-bond donors (Lipinski definition) is 0. The predicted octanol–water partition coefficient (Wildman–Crippen LogP) is 3.47. The lowest BCUT2D eigenvalue weighted by molar-refractivity contribution is -0.0885. The molecule has 0 saturated carbocycles. The highest BCUT2D eigenvalue weighted by atomic mass is 35.5. The molecule has 0 atom stereocenters. The molecule has 0 unspecified atom stereocenters. The van der Waals surface area contributed by atoms with Gasteiger partial charge in [-0.05, 0) is 17.7 Å². The van der Waals surface area contributed by atoms with Crippen molar-refractivity contribution in [2.75, 3.05) is 0 Å². The molecule has 3 nitrogen and oxygen atoms in total. The second-order valence-corrected chi connectivity index (χ2v) is 4.41. The summed E-state index contributed by atoms with van der Waals surface area (Å²) >= 11 is 5.51. The first-order chi connectivity index (χ1) is 9.27. The van der Waals surface area contributed by atoms with Gasteiger partial charge >= 0.3 is 6.18 Å². The second kappa shape index (κ2) is 5.24. The van der Waals surface area contributed by atoms with Gasteiger partial charge in [-0.15, -0.1) is 0 Å². The Hall–Kier alpha value is -1.89. The Kier molecular flexibility index (Phi) is 3.80. The zero-order valence-corrected chi connectivity index (χ0v) is 10.5. The number of ketones is 1. The van der Waals surface area contributed by atoms with Crippen LogP contribution in [0.2, 0.25) is 5.02 Å². The molecule has 0 aliphatic heterocycles. The number of nitrogens with zero attached hydrogens (tertiary/aromatic N) is 2. The average molecular weight is 307 g/mol. The molecule has 0 amide bonds. The van der Waals surface area contributed by atoms with Gasteiger partial charge in [0.2, 0.25) is 0 Å². The summed E-state index contributed by atoms with van der Waals surface area (Å²) in [4.78, 5) is 11.0. The van der Waals surface area contributed by atoms with Crippen molar-refractivity contribution in [3.63, 3.8) is 0 Å². The largest absolute Gasteiger partial charge is 0.454 e. The molecule has 0 fully saturated rings. The van der Waals surface area contributed by atoms with Gasteiger partial charge < -0.3 is 0 Å². The van der Waals surface area contributed by atoms with Crippen LogP contribution in [0.4, 0.5) is 17.6 Å². The summed E-state index contributed by atoms with van der Waals surface area (Å²) in [6.45, 7) is 0.0270. The van der Waals surface area contributed by atoms with Crippen LogP contribution in [0.25, 0.3) is 0 Å². The molecule has 0 aliphatic rings. The summed E-state index contributed by atoms with van der Waals surface area (Å²) in [5.74, 6) is -2.60. The van der Waals surface area contributed by atoms with E-state index in [-0.39, 0.29) is 11.6 Å². The molecule has 0 saturated heterocycles. The number of benzene rings is 1. The maximum Gasteiger partial charge on any atom is 0.454 e. The van der Waals surface area contributed by atoms with Crippen molar-refractivity contribution in [2.24, 2.45) is 0 Å². The summed E-state index contributed by atoms with van der Waals surface area (Å²) in [5, 5.41) is 3.58. The smallest absolute Gasteiger partial charge is 0.284 e. The molecule has 20 heavy (non-hydrogen) atoms. The van der Waals surface area contributed by atoms with E-state index in [1.54, 1.807) is 0 Å². The first-order valence-electron chi connectivity index (χ1n) is 5.35. The van der Waals surface area contributed by atoms with E-state index in [4.69, 9.17) is 11.6 Å². The van der Waals surface area contributed by atoms with Crippen LogP contribution >= 0.6 is 11.6 Å². The Labute approximate surface area is 115 Å². The number of alkyl halides is 3. The highest BCUT2D eigenvalue weighted by molar-refractivity contribution is 6.30. The number of carbonyl (C=O) groups excluding carboxylic acids is 1. The molecule has 1 aromatic carbocycles. The maximum atomic E-state index is 13.2. The Morgan fingerprint density at radius 3 is 2.65 bits per heavy atom. The van der Waals surface area contributed by atoms with Crippen LogP contribution in [-0.4, -0.2) is 21.7 Å². The number of hydrogen-bond acceptors (Lipinski definition) is 2. The van der Waals surface area contributed by atoms with E-state index in [2.05, 4.69) is 5.10 Å². The van der Waals surface area contributed by atoms with E-state index in [0.29, 0.717) is 5.56 Å². The monoisotopic (exact) mass is 306 g/mol. The van der Waals surface area contributed by atoms with Crippen molar-refractivity contribution in [2.45, 2.75) is 12.7 Å². The van der Waals surface area contributed by atoms with Crippen LogP contribution in [0.5, 0.6) is 0 Å². The van der Waals surface area contributed by atoms with E-state index in [0.717, 1.165) is 23.1 Å². The fraction of sp³-hybridized carbons (Fsp3) is 0.167. The van der Waals surface area contributed by atoms with Crippen molar-refractivity contribution in [1.29, 1.82) is 0 Å². The van der Waals surface area contributed by atoms with E-state index < -0.39 is 23.3 Å². The lowest BCUT2D eigenvalue weighted by atomic mass is 10.2. The fourth-order valence-corrected chi connectivity index (χ4v) is 1.67. The SMILES string of the molecule is O=C(c1cnn(Cc2ccc(Cl)c(F)c2)c1)C(F)(F)F. The molecule has 0 radical (unpaired) electrons. The van der Waals surface area contributed by atoms with Crippen LogP contribution in [-0.2, 0) is 6.54 Å². The van der Waals surface area contributed by atoms with Crippen LogP contribution in [0.1, 0.15) is 15.9 Å². The summed E-state index contributed by atoms with van der Waals surface area (Å²) in [6.07, 6.45) is -3.16. The minimum atomic E-state index is -4.94. The molecule has 106 valence electrons. The molecule has 1 aromatic heterocycles. The van der Waals surface area contributed by atoms with E-state index in [1.165, 1.54) is 12.1 Å². The predicted molar refractivity (Wildman–Crippen MR) is 63.1 cm³/mol. The summed E-state index contributed by atoms with van der Waals surface area (Å²) < 4.78 is 51.0. The summed E-state index contributed by atoms with van der Waals surface area (Å²) in [5.41, 5.74) is -0.104. The molecule has 0 aliphatic carbocycles. The zero-order valence-electron chi connectivity index (χ0n) is 9.79. The second-order valence-electron chi connectivity index (χ2n) is 4.00. The van der Waals surface area contributed by atoms with Crippen LogP contribution in [0.15, 0.2) is 30.6 Å². The Bertz CT molecular complexity index is 651. The van der Waals surface area contributed by atoms with Gasteiger partial charge in [-0.1, -0.05) is 17.7 Å². The highest BCUT2D eigenvalue weighted by Gasteiger charge is 2.39. The number of aromatic nitrogens is 2. The minimum Gasteiger partial charge on any atom is -0.284 e. The molecular formula is C12H7ClF4N2O. The molecule has 0 N–H and O–H groups in total. The number of carbonyl (C=O) groups is 1. The molecular weight excluding hydrogens is 300 g/mol. The first-order valence-corrected chi connectivity index (χ1v) is 5.73. The Balaban J connectivity index is 2.17. The van der Waals surface area contributed by atoms with Gasteiger partial charge in [0.15, 0.2) is 0 Å². The summed E-state index contributed by atoms with van der Waals surface area (Å²) in [6, 6.07) is 3.99. The van der Waals surface area contributed by atoms with Crippen molar-refractivity contribution in [1.82, 2.24) is 9.78 Å². The van der Waals surface area contributed by atoms with Crippen molar-refractivity contribution >= 4 is 17.4 Å². The molecule has 8 heteroatoms. The van der Waals surface area contributed by atoms with Crippen molar-refractivity contribution in [3.8, 4) is 0 Å². The number of Topliss-reactive ketones (excluding diaryl/α,β-unsaturated/α-hetero) is 1. The Morgan fingerprint density at radius 2 is 2.05 bits per heavy atom. The van der Waals surface area contributed by atoms with Crippen molar-refractivity contribution in [3.05, 3.63) is 52.6 Å². The third-order valence-electron chi connectivity index (χ3n) is 2.48. The highest BCUT2D eigenvalue weighted by Crippen LogP contribution is 2.21. The third kappa shape index (κ3) is 3.16. The van der Waals surface area contributed by atoms with Gasteiger partial charge in [0.25, 0.3) is 5.78 Å². The molecule has 0 spiro atoms. The van der Waals surface area contributed by atoms with Crippen LogP contribution in [0.3, 0.4) is 0 Å². The lowest BCUT2D eigenvalue weighted by Crippen LogP contribution is -2.22. The number of halogens is 5. The Morgan fingerprint density at radius 1 is 1.35 bits per heavy atom. The fourth-order valence-electron chi connectivity index (χ4n) is 1.56. The lowest BCUT2D eigenvalue weighted by Gasteiger charge is -2.03. The minimum absolute atomic E-state index is 0.0270. The first kappa shape index (κ1) is 14.5. The van der Waals surface area contributed by atoms with Gasteiger partial charge in [-0.3, -0.25) is 9.48 Å². The average Bonchev–Trinajstić information content (AvgIpc) is 2.80. The van der Waals surface area contributed by atoms with Crippen LogP contribution in [0, 0.1) is 5.82 Å². The molecule has 2 aromatic rings. The standard InChI is InChI=1S/C12H7ClF4N2O/c13-9-2-1-7(3-10(9)14)5-19-6-8(4-18-19)11(20)12(15,16)17/h1-4,6H,5H2. The maximum absolute atomic E-state index is 13.2.